The molecule has 0 aliphatic rings. The molecule has 2 N–H and O–H groups in total. The van der Waals surface area contributed by atoms with Gasteiger partial charge in [0.25, 0.3) is 5.91 Å². The summed E-state index contributed by atoms with van der Waals surface area (Å²) in [6.07, 6.45) is 5.91. The van der Waals surface area contributed by atoms with Gasteiger partial charge in [0.1, 0.15) is 5.82 Å². The minimum Gasteiger partial charge on any atom is -0.478 e. The van der Waals surface area contributed by atoms with Gasteiger partial charge in [-0.25, -0.2) is 9.78 Å². The Hall–Kier alpha value is -2.70. The summed E-state index contributed by atoms with van der Waals surface area (Å²) in [4.78, 5) is 30.7. The smallest absolute Gasteiger partial charge is 0.338 e. The van der Waals surface area contributed by atoms with Crippen LogP contribution in [0.4, 0.5) is 0 Å². The molecule has 0 fully saturated rings. The highest BCUT2D eigenvalue weighted by molar-refractivity contribution is 6.04. The Morgan fingerprint density at radius 3 is 2.79 bits per heavy atom. The van der Waals surface area contributed by atoms with Crippen molar-refractivity contribution in [3.8, 4) is 0 Å². The van der Waals surface area contributed by atoms with Crippen molar-refractivity contribution in [1.82, 2.24) is 19.9 Å². The second-order valence-electron chi connectivity index (χ2n) is 3.86. The first-order valence-corrected chi connectivity index (χ1v) is 5.51. The van der Waals surface area contributed by atoms with Crippen molar-refractivity contribution < 1.29 is 14.7 Å². The Morgan fingerprint density at radius 1 is 1.37 bits per heavy atom. The number of pyridine rings is 1. The molecule has 2 rings (SSSR count). The van der Waals surface area contributed by atoms with Crippen molar-refractivity contribution in [3.63, 3.8) is 0 Å². The van der Waals surface area contributed by atoms with Gasteiger partial charge < -0.3 is 15.0 Å². The van der Waals surface area contributed by atoms with Crippen LogP contribution in [0.5, 0.6) is 0 Å². The van der Waals surface area contributed by atoms with E-state index in [2.05, 4.69) is 15.3 Å². The number of carboxylic acids is 1. The third kappa shape index (κ3) is 2.76. The quantitative estimate of drug-likeness (QED) is 0.831. The third-order valence-electron chi connectivity index (χ3n) is 2.62. The standard InChI is InChI=1S/C12H12N4O3/c1-16-5-4-14-10(16)7-15-11(17)8-2-3-13-6-9(8)12(18)19/h2-6H,7H2,1H3,(H,15,17)(H,18,19). The lowest BCUT2D eigenvalue weighted by Crippen LogP contribution is -2.26. The molecule has 7 nitrogen and oxygen atoms in total. The molecule has 19 heavy (non-hydrogen) atoms. The monoisotopic (exact) mass is 260 g/mol. The molecular weight excluding hydrogens is 248 g/mol. The van der Waals surface area contributed by atoms with Crippen LogP contribution in [0.25, 0.3) is 0 Å². The fourth-order valence-corrected chi connectivity index (χ4v) is 1.58. The molecule has 0 aliphatic heterocycles. The maximum atomic E-state index is 11.9. The van der Waals surface area contributed by atoms with Crippen LogP contribution in [0.2, 0.25) is 0 Å². The predicted octanol–water partition coefficient (Wildman–Crippen LogP) is 0.443. The first kappa shape index (κ1) is 12.7. The zero-order chi connectivity index (χ0) is 13.8. The van der Waals surface area contributed by atoms with Gasteiger partial charge in [-0.3, -0.25) is 9.78 Å². The summed E-state index contributed by atoms with van der Waals surface area (Å²) in [6, 6.07) is 1.37. The highest BCUT2D eigenvalue weighted by Crippen LogP contribution is 2.07. The van der Waals surface area contributed by atoms with Crippen molar-refractivity contribution >= 4 is 11.9 Å². The highest BCUT2D eigenvalue weighted by Gasteiger charge is 2.16. The maximum absolute atomic E-state index is 11.9. The van der Waals surface area contributed by atoms with Gasteiger partial charge in [-0.15, -0.1) is 0 Å². The minimum absolute atomic E-state index is 0.0803. The molecule has 0 saturated heterocycles. The van der Waals surface area contributed by atoms with Gasteiger partial charge >= 0.3 is 5.97 Å². The zero-order valence-corrected chi connectivity index (χ0v) is 10.2. The van der Waals surface area contributed by atoms with Crippen LogP contribution in [0, 0.1) is 0 Å². The molecule has 2 heterocycles. The molecule has 2 aromatic rings. The number of amides is 1. The second kappa shape index (κ2) is 5.30. The number of nitrogens with one attached hydrogen (secondary N) is 1. The molecule has 0 radical (unpaired) electrons. The van der Waals surface area contributed by atoms with Crippen LogP contribution in [-0.2, 0) is 13.6 Å². The fraction of sp³-hybridized carbons (Fsp3) is 0.167. The van der Waals surface area contributed by atoms with E-state index >= 15 is 0 Å². The van der Waals surface area contributed by atoms with Crippen LogP contribution >= 0.6 is 0 Å². The van der Waals surface area contributed by atoms with E-state index in [1.807, 2.05) is 7.05 Å². The summed E-state index contributed by atoms with van der Waals surface area (Å²) in [5.74, 6) is -0.975. The van der Waals surface area contributed by atoms with Crippen LogP contribution in [0.3, 0.4) is 0 Å². The Labute approximate surface area is 108 Å². The second-order valence-corrected chi connectivity index (χ2v) is 3.86. The Kier molecular flexibility index (Phi) is 3.56. The number of imidazole rings is 1. The van der Waals surface area contributed by atoms with Crippen LogP contribution in [-0.4, -0.2) is 31.5 Å². The molecule has 1 amide bonds. The zero-order valence-electron chi connectivity index (χ0n) is 10.2. The van der Waals surface area contributed by atoms with E-state index in [0.717, 1.165) is 6.20 Å². The number of aromatic nitrogens is 3. The summed E-state index contributed by atoms with van der Waals surface area (Å²) in [7, 11) is 1.81. The molecule has 0 atom stereocenters. The van der Waals surface area contributed by atoms with Gasteiger partial charge in [-0.1, -0.05) is 0 Å². The number of nitrogens with zero attached hydrogens (tertiary/aromatic N) is 3. The number of hydrogen-bond donors (Lipinski definition) is 2. The number of carboxylic acid groups (broad SMARTS) is 1. The lowest BCUT2D eigenvalue weighted by atomic mass is 10.1. The summed E-state index contributed by atoms with van der Waals surface area (Å²) >= 11 is 0. The Morgan fingerprint density at radius 2 is 2.16 bits per heavy atom. The molecule has 7 heteroatoms. The Balaban J connectivity index is 2.13. The number of aryl methyl sites for hydroxylation is 1. The molecular formula is C12H12N4O3. The number of carbonyl (C=O) groups excluding carboxylic acids is 1. The molecule has 0 aliphatic carbocycles. The van der Waals surface area contributed by atoms with E-state index in [-0.39, 0.29) is 17.7 Å². The van der Waals surface area contributed by atoms with Crippen molar-refractivity contribution in [2.75, 3.05) is 0 Å². The van der Waals surface area contributed by atoms with Gasteiger partial charge in [0, 0.05) is 31.8 Å². The predicted molar refractivity (Wildman–Crippen MR) is 65.6 cm³/mol. The van der Waals surface area contributed by atoms with E-state index in [1.165, 1.54) is 12.3 Å². The molecule has 0 unspecified atom stereocenters. The molecule has 98 valence electrons. The summed E-state index contributed by atoms with van der Waals surface area (Å²) in [5.41, 5.74) is -0.0449. The highest BCUT2D eigenvalue weighted by atomic mass is 16.4. The molecule has 0 bridgehead atoms. The van der Waals surface area contributed by atoms with Gasteiger partial charge in [-0.2, -0.15) is 0 Å². The summed E-state index contributed by atoms with van der Waals surface area (Å²) < 4.78 is 1.77. The van der Waals surface area contributed by atoms with Crippen molar-refractivity contribution in [2.24, 2.45) is 7.05 Å². The number of carbonyl (C=O) groups is 2. The molecule has 0 saturated carbocycles. The first-order valence-electron chi connectivity index (χ1n) is 5.51. The lowest BCUT2D eigenvalue weighted by molar-refractivity contribution is 0.0690. The average molecular weight is 260 g/mol. The van der Waals surface area contributed by atoms with E-state index in [4.69, 9.17) is 5.11 Å². The normalized spacial score (nSPS) is 10.2. The number of hydrogen-bond acceptors (Lipinski definition) is 4. The van der Waals surface area contributed by atoms with Crippen molar-refractivity contribution in [2.45, 2.75) is 6.54 Å². The van der Waals surface area contributed by atoms with Crippen molar-refractivity contribution in [1.29, 1.82) is 0 Å². The minimum atomic E-state index is -1.18. The molecule has 0 aromatic carbocycles. The van der Waals surface area contributed by atoms with Gasteiger partial charge in [0.05, 0.1) is 17.7 Å². The largest absolute Gasteiger partial charge is 0.478 e. The molecule has 2 aromatic heterocycles. The fourth-order valence-electron chi connectivity index (χ4n) is 1.58. The topological polar surface area (TPSA) is 97.1 Å². The van der Waals surface area contributed by atoms with Gasteiger partial charge in [-0.05, 0) is 6.07 Å². The van der Waals surface area contributed by atoms with Crippen LogP contribution in [0.15, 0.2) is 30.9 Å². The number of rotatable bonds is 4. The summed E-state index contributed by atoms with van der Waals surface area (Å²) in [5, 5.41) is 11.6. The van der Waals surface area contributed by atoms with Crippen molar-refractivity contribution in [3.05, 3.63) is 47.8 Å². The first-order chi connectivity index (χ1) is 9.09. The summed E-state index contributed by atoms with van der Waals surface area (Å²) in [6.45, 7) is 0.226. The van der Waals surface area contributed by atoms with E-state index < -0.39 is 11.9 Å². The molecule has 0 spiro atoms. The average Bonchev–Trinajstić information content (AvgIpc) is 2.81. The van der Waals surface area contributed by atoms with Gasteiger partial charge in [0.2, 0.25) is 0 Å². The SMILES string of the molecule is Cn1ccnc1CNC(=O)c1ccncc1C(=O)O. The van der Waals surface area contributed by atoms with E-state index in [0.29, 0.717) is 5.82 Å². The maximum Gasteiger partial charge on any atom is 0.338 e. The van der Waals surface area contributed by atoms with Crippen LogP contribution < -0.4 is 5.32 Å². The van der Waals surface area contributed by atoms with Gasteiger partial charge in [0.15, 0.2) is 0 Å². The van der Waals surface area contributed by atoms with E-state index in [9.17, 15) is 9.59 Å². The van der Waals surface area contributed by atoms with Crippen LogP contribution in [0.1, 0.15) is 26.5 Å². The van der Waals surface area contributed by atoms with E-state index in [1.54, 1.807) is 17.0 Å². The lowest BCUT2D eigenvalue weighted by Gasteiger charge is -2.07. The number of aromatic carboxylic acids is 1. The third-order valence-corrected chi connectivity index (χ3v) is 2.62. The Bertz CT molecular complexity index is 621.